The lowest BCUT2D eigenvalue weighted by molar-refractivity contribution is -0.155. The van der Waals surface area contributed by atoms with Crippen LogP contribution in [0.15, 0.2) is 24.3 Å². The molecule has 1 aliphatic rings. The zero-order valence-electron chi connectivity index (χ0n) is 11.7. The number of benzene rings is 1. The van der Waals surface area contributed by atoms with Crippen molar-refractivity contribution in [1.29, 1.82) is 0 Å². The number of ether oxygens (including phenoxy) is 1. The lowest BCUT2D eigenvalue weighted by Gasteiger charge is -2.36. The van der Waals surface area contributed by atoms with E-state index in [0.29, 0.717) is 24.3 Å². The second-order valence-electron chi connectivity index (χ2n) is 5.05. The molecule has 0 spiro atoms. The number of carboxylic acids is 1. The summed E-state index contributed by atoms with van der Waals surface area (Å²) in [7, 11) is 0. The Balaban J connectivity index is 2.52. The molecule has 0 bridgehead atoms. The number of hydrogen-bond donors (Lipinski definition) is 1. The molecule has 1 unspecified atom stereocenters. The van der Waals surface area contributed by atoms with Gasteiger partial charge in [-0.1, -0.05) is 18.2 Å². The summed E-state index contributed by atoms with van der Waals surface area (Å²) in [6.45, 7) is 3.84. The zero-order valence-corrected chi connectivity index (χ0v) is 11.7. The van der Waals surface area contributed by atoms with E-state index in [4.69, 9.17) is 4.74 Å². The van der Waals surface area contributed by atoms with Gasteiger partial charge in [0.2, 0.25) is 6.41 Å². The van der Waals surface area contributed by atoms with Crippen LogP contribution in [-0.4, -0.2) is 35.0 Å². The van der Waals surface area contributed by atoms with E-state index in [1.807, 2.05) is 6.92 Å². The largest absolute Gasteiger partial charge is 0.493 e. The van der Waals surface area contributed by atoms with Gasteiger partial charge in [0, 0.05) is 11.6 Å². The Hall–Kier alpha value is -2.04. The lowest BCUT2D eigenvalue weighted by Crippen LogP contribution is -2.50. The van der Waals surface area contributed by atoms with E-state index in [9.17, 15) is 14.7 Å². The summed E-state index contributed by atoms with van der Waals surface area (Å²) < 4.78 is 5.52. The molecule has 1 atom stereocenters. The second kappa shape index (κ2) is 5.53. The molecule has 0 aliphatic heterocycles. The van der Waals surface area contributed by atoms with Crippen molar-refractivity contribution in [3.05, 3.63) is 29.8 Å². The Labute approximate surface area is 118 Å². The standard InChI is InChI=1S/C15H19NO4/c1-3-20-13-7-5-4-6-12(13)15(2,14(18)19)16(10-17)11-8-9-11/h4-7,10-11H,3,8-9H2,1-2H3,(H,18,19). The highest BCUT2D eigenvalue weighted by Gasteiger charge is 2.48. The molecule has 1 aromatic rings. The van der Waals surface area contributed by atoms with Crippen LogP contribution in [0, 0.1) is 0 Å². The molecule has 1 saturated carbocycles. The van der Waals surface area contributed by atoms with E-state index in [-0.39, 0.29) is 6.04 Å². The highest BCUT2D eigenvalue weighted by Crippen LogP contribution is 2.40. The third-order valence-corrected chi connectivity index (χ3v) is 3.70. The average molecular weight is 277 g/mol. The van der Waals surface area contributed by atoms with Gasteiger partial charge in [0.25, 0.3) is 0 Å². The molecule has 0 saturated heterocycles. The summed E-state index contributed by atoms with van der Waals surface area (Å²) in [4.78, 5) is 24.7. The van der Waals surface area contributed by atoms with Gasteiger partial charge >= 0.3 is 5.97 Å². The van der Waals surface area contributed by atoms with Crippen molar-refractivity contribution in [2.75, 3.05) is 6.61 Å². The van der Waals surface area contributed by atoms with Crippen molar-refractivity contribution in [3.63, 3.8) is 0 Å². The molecule has 20 heavy (non-hydrogen) atoms. The number of aliphatic carboxylic acids is 1. The van der Waals surface area contributed by atoms with E-state index in [0.717, 1.165) is 12.8 Å². The van der Waals surface area contributed by atoms with Gasteiger partial charge in [0.15, 0.2) is 5.54 Å². The maximum atomic E-state index is 11.9. The number of amides is 1. The molecule has 5 nitrogen and oxygen atoms in total. The van der Waals surface area contributed by atoms with Crippen LogP contribution in [0.2, 0.25) is 0 Å². The molecule has 2 rings (SSSR count). The molecule has 0 aromatic heterocycles. The van der Waals surface area contributed by atoms with Crippen molar-refractivity contribution in [1.82, 2.24) is 4.90 Å². The Bertz CT molecular complexity index is 512. The summed E-state index contributed by atoms with van der Waals surface area (Å²) in [6, 6.07) is 6.99. The van der Waals surface area contributed by atoms with Crippen LogP contribution in [0.1, 0.15) is 32.3 Å². The summed E-state index contributed by atoms with van der Waals surface area (Å²) in [5, 5.41) is 9.70. The Kier molecular flexibility index (Phi) is 3.97. The number of carbonyl (C=O) groups is 2. The molecule has 1 fully saturated rings. The van der Waals surface area contributed by atoms with Crippen LogP contribution in [0.5, 0.6) is 5.75 Å². The molecule has 5 heteroatoms. The minimum absolute atomic E-state index is 0.00304. The third-order valence-electron chi connectivity index (χ3n) is 3.70. The first-order valence-corrected chi connectivity index (χ1v) is 6.75. The molecule has 1 aliphatic carbocycles. The van der Waals surface area contributed by atoms with Gasteiger partial charge in [-0.05, 0) is 32.8 Å². The van der Waals surface area contributed by atoms with Crippen LogP contribution in [0.4, 0.5) is 0 Å². The molecule has 0 radical (unpaired) electrons. The number of carbonyl (C=O) groups excluding carboxylic acids is 1. The molecular formula is C15H19NO4. The average Bonchev–Trinajstić information content (AvgIpc) is 3.24. The van der Waals surface area contributed by atoms with Crippen molar-refractivity contribution >= 4 is 12.4 Å². The minimum atomic E-state index is -1.41. The van der Waals surface area contributed by atoms with Crippen molar-refractivity contribution < 1.29 is 19.4 Å². The fraction of sp³-hybridized carbons (Fsp3) is 0.467. The maximum absolute atomic E-state index is 11.9. The van der Waals surface area contributed by atoms with Crippen LogP contribution in [0.3, 0.4) is 0 Å². The first-order valence-electron chi connectivity index (χ1n) is 6.75. The maximum Gasteiger partial charge on any atom is 0.334 e. The quantitative estimate of drug-likeness (QED) is 0.774. The summed E-state index contributed by atoms with van der Waals surface area (Å²) in [5.41, 5.74) is -0.900. The number of para-hydroxylation sites is 1. The smallest absolute Gasteiger partial charge is 0.334 e. The SMILES string of the molecule is CCOc1ccccc1C(C)(C(=O)O)N(C=O)C1CC1. The van der Waals surface area contributed by atoms with E-state index in [1.165, 1.54) is 4.90 Å². The summed E-state index contributed by atoms with van der Waals surface area (Å²) in [5.74, 6) is -0.545. The van der Waals surface area contributed by atoms with E-state index < -0.39 is 11.5 Å². The van der Waals surface area contributed by atoms with Crippen molar-refractivity contribution in [2.45, 2.75) is 38.3 Å². The molecule has 1 N–H and O–H groups in total. The second-order valence-corrected chi connectivity index (χ2v) is 5.05. The molecule has 0 heterocycles. The first-order chi connectivity index (χ1) is 9.55. The Morgan fingerprint density at radius 3 is 2.65 bits per heavy atom. The van der Waals surface area contributed by atoms with Crippen LogP contribution < -0.4 is 4.74 Å². The highest BCUT2D eigenvalue weighted by atomic mass is 16.5. The topological polar surface area (TPSA) is 66.8 Å². The Morgan fingerprint density at radius 1 is 1.50 bits per heavy atom. The van der Waals surface area contributed by atoms with Crippen LogP contribution >= 0.6 is 0 Å². The molecule has 108 valence electrons. The van der Waals surface area contributed by atoms with Crippen molar-refractivity contribution in [2.24, 2.45) is 0 Å². The fourth-order valence-electron chi connectivity index (χ4n) is 2.42. The third kappa shape index (κ3) is 2.35. The number of rotatable bonds is 7. The predicted octanol–water partition coefficient (Wildman–Crippen LogP) is 2.01. The number of carboxylic acid groups (broad SMARTS) is 1. The van der Waals surface area contributed by atoms with Crippen LogP contribution in [-0.2, 0) is 15.1 Å². The van der Waals surface area contributed by atoms with Gasteiger partial charge < -0.3 is 14.7 Å². The van der Waals surface area contributed by atoms with Gasteiger partial charge in [-0.2, -0.15) is 0 Å². The van der Waals surface area contributed by atoms with Crippen LogP contribution in [0.25, 0.3) is 0 Å². The lowest BCUT2D eigenvalue weighted by atomic mass is 9.89. The molecular weight excluding hydrogens is 258 g/mol. The molecule has 1 aromatic carbocycles. The molecule has 1 amide bonds. The predicted molar refractivity (Wildman–Crippen MR) is 73.5 cm³/mol. The normalized spacial score (nSPS) is 17.1. The van der Waals surface area contributed by atoms with E-state index >= 15 is 0 Å². The van der Waals surface area contributed by atoms with Gasteiger partial charge in [-0.15, -0.1) is 0 Å². The van der Waals surface area contributed by atoms with E-state index in [2.05, 4.69) is 0 Å². The number of hydrogen-bond acceptors (Lipinski definition) is 3. The zero-order chi connectivity index (χ0) is 14.8. The van der Waals surface area contributed by atoms with E-state index in [1.54, 1.807) is 31.2 Å². The first kappa shape index (κ1) is 14.4. The Morgan fingerprint density at radius 2 is 2.15 bits per heavy atom. The number of nitrogens with zero attached hydrogens (tertiary/aromatic N) is 1. The van der Waals surface area contributed by atoms with Gasteiger partial charge in [-0.3, -0.25) is 4.79 Å². The monoisotopic (exact) mass is 277 g/mol. The highest BCUT2D eigenvalue weighted by molar-refractivity contribution is 5.84. The summed E-state index contributed by atoms with van der Waals surface area (Å²) >= 11 is 0. The fourth-order valence-corrected chi connectivity index (χ4v) is 2.42. The summed E-state index contributed by atoms with van der Waals surface area (Å²) in [6.07, 6.45) is 2.32. The van der Waals surface area contributed by atoms with Gasteiger partial charge in [0.1, 0.15) is 5.75 Å². The van der Waals surface area contributed by atoms with Gasteiger partial charge in [-0.25, -0.2) is 4.79 Å². The van der Waals surface area contributed by atoms with Gasteiger partial charge in [0.05, 0.1) is 6.61 Å². The minimum Gasteiger partial charge on any atom is -0.493 e. The van der Waals surface area contributed by atoms with Crippen molar-refractivity contribution in [3.8, 4) is 5.75 Å².